The first kappa shape index (κ1) is 17.3. The normalized spacial score (nSPS) is 15.3. The highest BCUT2D eigenvalue weighted by atomic mass is 16.2. The van der Waals surface area contributed by atoms with E-state index in [1.165, 1.54) is 0 Å². The molecule has 4 heterocycles. The third-order valence-corrected chi connectivity index (χ3v) is 4.93. The van der Waals surface area contributed by atoms with E-state index in [-0.39, 0.29) is 11.9 Å². The van der Waals surface area contributed by atoms with Crippen molar-refractivity contribution in [1.82, 2.24) is 39.6 Å². The fourth-order valence-electron chi connectivity index (χ4n) is 3.41. The molecule has 1 fully saturated rings. The molecule has 0 unspecified atom stereocenters. The number of imidazole rings is 1. The molecule has 3 aromatic rings. The molecular weight excluding hydrogens is 346 g/mol. The van der Waals surface area contributed by atoms with Gasteiger partial charge in [-0.1, -0.05) is 5.21 Å². The molecule has 1 saturated heterocycles. The van der Waals surface area contributed by atoms with E-state index >= 15 is 0 Å². The zero-order valence-corrected chi connectivity index (χ0v) is 15.7. The lowest BCUT2D eigenvalue weighted by molar-refractivity contribution is 0.0925. The number of nitrogens with zero attached hydrogens (tertiary/aromatic N) is 8. The van der Waals surface area contributed by atoms with Crippen LogP contribution in [0.3, 0.4) is 0 Å². The maximum absolute atomic E-state index is 12.7. The van der Waals surface area contributed by atoms with Crippen molar-refractivity contribution >= 4 is 11.9 Å². The van der Waals surface area contributed by atoms with Crippen LogP contribution in [0.4, 0.5) is 5.95 Å². The predicted molar refractivity (Wildman–Crippen MR) is 98.8 cm³/mol. The van der Waals surface area contributed by atoms with Crippen LogP contribution in [0, 0.1) is 6.92 Å². The van der Waals surface area contributed by atoms with Gasteiger partial charge in [-0.3, -0.25) is 9.48 Å². The lowest BCUT2D eigenvalue weighted by Gasteiger charge is -2.32. The Bertz CT molecular complexity index is 945. The van der Waals surface area contributed by atoms with Gasteiger partial charge in [-0.2, -0.15) is 9.78 Å². The van der Waals surface area contributed by atoms with Gasteiger partial charge in [0.05, 0.1) is 5.69 Å². The van der Waals surface area contributed by atoms with E-state index in [1.54, 1.807) is 15.6 Å². The summed E-state index contributed by atoms with van der Waals surface area (Å²) in [6.07, 6.45) is 7.30. The Labute approximate surface area is 156 Å². The molecule has 142 valence electrons. The summed E-state index contributed by atoms with van der Waals surface area (Å²) in [5.74, 6) is 1.42. The predicted octanol–water partition coefficient (Wildman–Crippen LogP) is 0.442. The summed E-state index contributed by atoms with van der Waals surface area (Å²) in [5, 5.41) is 15.5. The third-order valence-electron chi connectivity index (χ3n) is 4.93. The molecule has 0 bridgehead atoms. The highest BCUT2D eigenvalue weighted by Gasteiger charge is 2.25. The fourth-order valence-corrected chi connectivity index (χ4v) is 3.41. The van der Waals surface area contributed by atoms with E-state index < -0.39 is 0 Å². The molecule has 0 aliphatic carbocycles. The highest BCUT2D eigenvalue weighted by Crippen LogP contribution is 2.18. The van der Waals surface area contributed by atoms with Gasteiger partial charge in [0.15, 0.2) is 11.5 Å². The summed E-state index contributed by atoms with van der Waals surface area (Å²) in [5.41, 5.74) is 1.02. The van der Waals surface area contributed by atoms with E-state index in [0.717, 1.165) is 31.9 Å². The molecule has 0 saturated carbocycles. The maximum Gasteiger partial charge on any atom is 0.273 e. The van der Waals surface area contributed by atoms with Crippen molar-refractivity contribution in [3.63, 3.8) is 0 Å². The molecule has 1 aliphatic heterocycles. The lowest BCUT2D eigenvalue weighted by Crippen LogP contribution is -2.45. The molecule has 0 spiro atoms. The summed E-state index contributed by atoms with van der Waals surface area (Å²) in [6, 6.07) is 1.95. The van der Waals surface area contributed by atoms with Gasteiger partial charge in [0, 0.05) is 57.9 Å². The molecule has 10 heteroatoms. The van der Waals surface area contributed by atoms with Crippen LogP contribution in [0.15, 0.2) is 24.7 Å². The van der Waals surface area contributed by atoms with Gasteiger partial charge in [-0.15, -0.1) is 5.10 Å². The average molecular weight is 369 g/mol. The zero-order valence-electron chi connectivity index (χ0n) is 15.7. The number of hydrogen-bond donors (Lipinski definition) is 1. The monoisotopic (exact) mass is 369 g/mol. The number of hydrogen-bond acceptors (Lipinski definition) is 6. The Balaban J connectivity index is 1.39. The largest absolute Gasteiger partial charge is 0.348 e. The van der Waals surface area contributed by atoms with E-state index in [0.29, 0.717) is 17.2 Å². The Hall–Kier alpha value is -3.17. The molecule has 1 aliphatic rings. The maximum atomic E-state index is 12.7. The van der Waals surface area contributed by atoms with Gasteiger partial charge in [-0.25, -0.2) is 4.98 Å². The highest BCUT2D eigenvalue weighted by molar-refractivity contribution is 5.93. The smallest absolute Gasteiger partial charge is 0.273 e. The van der Waals surface area contributed by atoms with E-state index in [9.17, 15) is 4.79 Å². The lowest BCUT2D eigenvalue weighted by atomic mass is 10.1. The Morgan fingerprint density at radius 2 is 2.00 bits per heavy atom. The minimum absolute atomic E-state index is 0.119. The summed E-state index contributed by atoms with van der Waals surface area (Å²) in [7, 11) is 3.82. The van der Waals surface area contributed by atoms with E-state index in [1.807, 2.05) is 44.0 Å². The first-order chi connectivity index (χ1) is 13.0. The molecule has 1 amide bonds. The summed E-state index contributed by atoms with van der Waals surface area (Å²) in [6.45, 7) is 3.54. The number of piperidine rings is 1. The minimum Gasteiger partial charge on any atom is -0.348 e. The number of anilines is 1. The van der Waals surface area contributed by atoms with Crippen molar-refractivity contribution in [1.29, 1.82) is 0 Å². The molecule has 10 nitrogen and oxygen atoms in total. The standard InChI is InChI=1S/C17H23N9O/c1-12-15(20-22-26(12)14-6-8-24(3)21-14)16(27)19-13-4-9-25(10-5-13)17-18-7-11-23(17)2/h6-8,11,13H,4-5,9-10H2,1-3H3,(H,19,27). The van der Waals surface area contributed by atoms with Crippen molar-refractivity contribution in [2.75, 3.05) is 18.0 Å². The summed E-state index contributed by atoms with van der Waals surface area (Å²) >= 11 is 0. The Morgan fingerprint density at radius 3 is 2.63 bits per heavy atom. The van der Waals surface area contributed by atoms with Crippen LogP contribution < -0.4 is 10.2 Å². The second-order valence-corrected chi connectivity index (χ2v) is 6.86. The van der Waals surface area contributed by atoms with Crippen LogP contribution in [-0.2, 0) is 14.1 Å². The van der Waals surface area contributed by atoms with E-state index in [4.69, 9.17) is 0 Å². The first-order valence-corrected chi connectivity index (χ1v) is 8.98. The average Bonchev–Trinajstić information content (AvgIpc) is 3.36. The van der Waals surface area contributed by atoms with Gasteiger partial charge >= 0.3 is 0 Å². The van der Waals surface area contributed by atoms with Gasteiger partial charge in [0.1, 0.15) is 0 Å². The zero-order chi connectivity index (χ0) is 19.0. The Morgan fingerprint density at radius 1 is 1.22 bits per heavy atom. The van der Waals surface area contributed by atoms with Crippen LogP contribution in [0.1, 0.15) is 29.0 Å². The van der Waals surface area contributed by atoms with Gasteiger partial charge < -0.3 is 14.8 Å². The van der Waals surface area contributed by atoms with Crippen LogP contribution >= 0.6 is 0 Å². The molecule has 0 atom stereocenters. The first-order valence-electron chi connectivity index (χ1n) is 8.98. The number of rotatable bonds is 4. The molecule has 4 rings (SSSR count). The van der Waals surface area contributed by atoms with Crippen molar-refractivity contribution in [3.8, 4) is 5.82 Å². The van der Waals surface area contributed by atoms with Crippen molar-refractivity contribution < 1.29 is 4.79 Å². The molecule has 0 radical (unpaired) electrons. The number of amides is 1. The van der Waals surface area contributed by atoms with Crippen LogP contribution in [0.2, 0.25) is 0 Å². The van der Waals surface area contributed by atoms with E-state index in [2.05, 4.69) is 30.6 Å². The molecular formula is C17H23N9O. The topological polar surface area (TPSA) is 98.7 Å². The molecule has 3 aromatic heterocycles. The second kappa shape index (κ2) is 6.86. The van der Waals surface area contributed by atoms with Crippen molar-refractivity contribution in [2.45, 2.75) is 25.8 Å². The summed E-state index contributed by atoms with van der Waals surface area (Å²) < 4.78 is 5.28. The molecule has 0 aromatic carbocycles. The number of aryl methyl sites for hydroxylation is 2. The second-order valence-electron chi connectivity index (χ2n) is 6.86. The van der Waals surface area contributed by atoms with Gasteiger partial charge in [0.2, 0.25) is 5.95 Å². The van der Waals surface area contributed by atoms with Gasteiger partial charge in [0.25, 0.3) is 5.91 Å². The van der Waals surface area contributed by atoms with Crippen molar-refractivity contribution in [2.24, 2.45) is 14.1 Å². The SMILES string of the molecule is Cc1c(C(=O)NC2CCN(c3nccn3C)CC2)nnn1-c1ccn(C)n1. The number of carbonyl (C=O) groups is 1. The fraction of sp³-hybridized carbons (Fsp3) is 0.471. The molecule has 1 N–H and O–H groups in total. The van der Waals surface area contributed by atoms with Crippen LogP contribution in [0.5, 0.6) is 0 Å². The van der Waals surface area contributed by atoms with Gasteiger partial charge in [-0.05, 0) is 19.8 Å². The van der Waals surface area contributed by atoms with Crippen LogP contribution in [-0.4, -0.2) is 59.4 Å². The number of nitrogens with one attached hydrogen (secondary N) is 1. The third kappa shape index (κ3) is 3.29. The summed E-state index contributed by atoms with van der Waals surface area (Å²) in [4.78, 5) is 19.3. The quantitative estimate of drug-likeness (QED) is 0.717. The number of aromatic nitrogens is 7. The molecule has 27 heavy (non-hydrogen) atoms. The van der Waals surface area contributed by atoms with Crippen molar-refractivity contribution in [3.05, 3.63) is 36.0 Å². The van der Waals surface area contributed by atoms with Crippen LogP contribution in [0.25, 0.3) is 5.82 Å². The Kier molecular flexibility index (Phi) is 4.38. The minimum atomic E-state index is -0.190. The number of carbonyl (C=O) groups excluding carboxylic acids is 1.